The van der Waals surface area contributed by atoms with Gasteiger partial charge in [-0.05, 0) is 37.1 Å². The van der Waals surface area contributed by atoms with Crippen LogP contribution in [0, 0.1) is 0 Å². The van der Waals surface area contributed by atoms with Crippen LogP contribution in [0.25, 0.3) is 0 Å². The molecule has 0 atom stereocenters. The first-order valence-corrected chi connectivity index (χ1v) is 10.6. The number of sulfonamides is 1. The monoisotopic (exact) mass is 434 g/mol. The number of halogens is 3. The minimum atomic E-state index is -4.88. The molecule has 11 heteroatoms. The SMILES string of the molecule is O=C(Cc1ccc(S(=O)(=O)N2CCCC2)s1)Nc1ccccc1OC(F)(F)F. The third kappa shape index (κ3) is 5.03. The van der Waals surface area contributed by atoms with Crippen LogP contribution in [-0.2, 0) is 21.2 Å². The van der Waals surface area contributed by atoms with E-state index in [2.05, 4.69) is 10.1 Å². The highest BCUT2D eigenvalue weighted by molar-refractivity contribution is 7.91. The fraction of sp³-hybridized carbons (Fsp3) is 0.353. The van der Waals surface area contributed by atoms with Crippen LogP contribution in [0.2, 0.25) is 0 Å². The van der Waals surface area contributed by atoms with Gasteiger partial charge in [0.2, 0.25) is 5.91 Å². The molecule has 2 heterocycles. The van der Waals surface area contributed by atoms with Crippen LogP contribution < -0.4 is 10.1 Å². The molecule has 6 nitrogen and oxygen atoms in total. The zero-order valence-corrected chi connectivity index (χ0v) is 16.2. The molecule has 1 fully saturated rings. The lowest BCUT2D eigenvalue weighted by atomic mass is 10.2. The molecule has 1 N–H and O–H groups in total. The van der Waals surface area contributed by atoms with Crippen molar-refractivity contribution < 1.29 is 31.1 Å². The normalized spacial score (nSPS) is 15.5. The maximum atomic E-state index is 12.5. The number of carbonyl (C=O) groups is 1. The van der Waals surface area contributed by atoms with E-state index in [0.717, 1.165) is 30.2 Å². The van der Waals surface area contributed by atoms with Crippen molar-refractivity contribution in [2.24, 2.45) is 0 Å². The van der Waals surface area contributed by atoms with E-state index in [1.54, 1.807) is 0 Å². The van der Waals surface area contributed by atoms with Crippen LogP contribution in [0.1, 0.15) is 17.7 Å². The summed E-state index contributed by atoms with van der Waals surface area (Å²) in [6, 6.07) is 8.18. The highest BCUT2D eigenvalue weighted by Gasteiger charge is 2.32. The second kappa shape index (κ2) is 8.10. The van der Waals surface area contributed by atoms with Crippen LogP contribution in [0.5, 0.6) is 5.75 Å². The highest BCUT2D eigenvalue weighted by atomic mass is 32.2. The number of ether oxygens (including phenoxy) is 1. The molecule has 1 saturated heterocycles. The van der Waals surface area contributed by atoms with E-state index in [4.69, 9.17) is 0 Å². The number of carbonyl (C=O) groups excluding carboxylic acids is 1. The molecule has 0 saturated carbocycles. The van der Waals surface area contributed by atoms with Gasteiger partial charge in [0, 0.05) is 18.0 Å². The number of nitrogens with zero attached hydrogens (tertiary/aromatic N) is 1. The molecule has 0 radical (unpaired) electrons. The molecule has 1 aromatic heterocycles. The lowest BCUT2D eigenvalue weighted by Gasteiger charge is -2.14. The van der Waals surface area contributed by atoms with Gasteiger partial charge in [0.15, 0.2) is 5.75 Å². The fourth-order valence-electron chi connectivity index (χ4n) is 2.78. The van der Waals surface area contributed by atoms with Gasteiger partial charge < -0.3 is 10.1 Å². The lowest BCUT2D eigenvalue weighted by Crippen LogP contribution is -2.27. The Balaban J connectivity index is 1.68. The third-order valence-corrected chi connectivity index (χ3v) is 7.47. The summed E-state index contributed by atoms with van der Waals surface area (Å²) >= 11 is 0.978. The topological polar surface area (TPSA) is 75.7 Å². The van der Waals surface area contributed by atoms with E-state index < -0.39 is 28.0 Å². The molecule has 2 aromatic rings. The van der Waals surface area contributed by atoms with Crippen LogP contribution in [-0.4, -0.2) is 38.1 Å². The van der Waals surface area contributed by atoms with E-state index in [9.17, 15) is 26.4 Å². The lowest BCUT2D eigenvalue weighted by molar-refractivity contribution is -0.274. The Morgan fingerprint density at radius 3 is 2.50 bits per heavy atom. The first-order chi connectivity index (χ1) is 13.1. The Labute approximate surface area is 164 Å². The summed E-state index contributed by atoms with van der Waals surface area (Å²) < 4.78 is 67.8. The van der Waals surface area contributed by atoms with Gasteiger partial charge in [0.05, 0.1) is 12.1 Å². The number of para-hydroxylation sites is 2. The molecular formula is C17H17F3N2O4S2. The fourth-order valence-corrected chi connectivity index (χ4v) is 5.81. The Bertz CT molecular complexity index is 951. The summed E-state index contributed by atoms with van der Waals surface area (Å²) in [6.45, 7) is 0.956. The minimum absolute atomic E-state index is 0.119. The number of amides is 1. The quantitative estimate of drug-likeness (QED) is 0.754. The molecule has 28 heavy (non-hydrogen) atoms. The average Bonchev–Trinajstić information content (AvgIpc) is 3.27. The van der Waals surface area contributed by atoms with Gasteiger partial charge in [-0.25, -0.2) is 8.42 Å². The summed E-state index contributed by atoms with van der Waals surface area (Å²) in [7, 11) is -3.56. The molecule has 152 valence electrons. The predicted molar refractivity (Wildman–Crippen MR) is 97.8 cm³/mol. The molecule has 1 aliphatic rings. The molecule has 1 amide bonds. The van der Waals surface area contributed by atoms with Gasteiger partial charge >= 0.3 is 6.36 Å². The second-order valence-corrected chi connectivity index (χ2v) is 9.43. The number of hydrogen-bond acceptors (Lipinski definition) is 5. The number of rotatable bonds is 6. The van der Waals surface area contributed by atoms with Crippen LogP contribution in [0.15, 0.2) is 40.6 Å². The van der Waals surface area contributed by atoms with Gasteiger partial charge in [0.25, 0.3) is 10.0 Å². The Kier molecular flexibility index (Phi) is 5.96. The van der Waals surface area contributed by atoms with Crippen molar-refractivity contribution in [2.75, 3.05) is 18.4 Å². The molecule has 0 bridgehead atoms. The number of benzene rings is 1. The number of hydrogen-bond donors (Lipinski definition) is 1. The zero-order valence-electron chi connectivity index (χ0n) is 14.5. The smallest absolute Gasteiger partial charge is 0.404 e. The molecule has 3 rings (SSSR count). The molecule has 0 unspecified atom stereocenters. The summed E-state index contributed by atoms with van der Waals surface area (Å²) in [4.78, 5) is 12.7. The van der Waals surface area contributed by atoms with Crippen LogP contribution in [0.3, 0.4) is 0 Å². The minimum Gasteiger partial charge on any atom is -0.404 e. The van der Waals surface area contributed by atoms with E-state index in [0.29, 0.717) is 18.0 Å². The van der Waals surface area contributed by atoms with Crippen molar-refractivity contribution in [1.29, 1.82) is 0 Å². The zero-order chi connectivity index (χ0) is 20.4. The van der Waals surface area contributed by atoms with Crippen molar-refractivity contribution in [2.45, 2.75) is 29.8 Å². The van der Waals surface area contributed by atoms with Crippen LogP contribution in [0.4, 0.5) is 18.9 Å². The first-order valence-electron chi connectivity index (χ1n) is 8.39. The van der Waals surface area contributed by atoms with Gasteiger partial charge in [0.1, 0.15) is 4.21 Å². The molecule has 0 spiro atoms. The summed E-state index contributed by atoms with van der Waals surface area (Å²) in [5.41, 5.74) is -0.119. The summed E-state index contributed by atoms with van der Waals surface area (Å²) in [5.74, 6) is -1.10. The highest BCUT2D eigenvalue weighted by Crippen LogP contribution is 2.31. The standard InChI is InChI=1S/C17H17F3N2O4S2/c18-17(19,20)26-14-6-2-1-5-13(14)21-15(23)11-12-7-8-16(27-12)28(24,25)22-9-3-4-10-22/h1-2,5-8H,3-4,9-11H2,(H,21,23). The van der Waals surface area contributed by atoms with E-state index in [1.807, 2.05) is 0 Å². The first kappa shape index (κ1) is 20.6. The Hall–Kier alpha value is -2.11. The third-order valence-electron chi connectivity index (χ3n) is 4.02. The van der Waals surface area contributed by atoms with Crippen LogP contribution >= 0.6 is 11.3 Å². The van der Waals surface area contributed by atoms with Crippen molar-refractivity contribution in [3.63, 3.8) is 0 Å². The number of thiophene rings is 1. The van der Waals surface area contributed by atoms with Gasteiger partial charge in [-0.2, -0.15) is 4.31 Å². The second-order valence-electron chi connectivity index (χ2n) is 6.10. The van der Waals surface area contributed by atoms with Gasteiger partial charge in [-0.3, -0.25) is 4.79 Å². The van der Waals surface area contributed by atoms with Crippen molar-refractivity contribution in [3.05, 3.63) is 41.3 Å². The number of alkyl halides is 3. The maximum Gasteiger partial charge on any atom is 0.573 e. The molecule has 1 aromatic carbocycles. The summed E-state index contributed by atoms with van der Waals surface area (Å²) in [6.07, 6.45) is -3.41. The van der Waals surface area contributed by atoms with E-state index in [1.165, 1.54) is 34.6 Å². The van der Waals surface area contributed by atoms with Crippen molar-refractivity contribution in [1.82, 2.24) is 4.31 Å². The number of nitrogens with one attached hydrogen (secondary N) is 1. The number of anilines is 1. The van der Waals surface area contributed by atoms with Gasteiger partial charge in [-0.15, -0.1) is 24.5 Å². The van der Waals surface area contributed by atoms with Crippen molar-refractivity contribution >= 4 is 33.0 Å². The molecule has 1 aliphatic heterocycles. The van der Waals surface area contributed by atoms with E-state index in [-0.39, 0.29) is 16.3 Å². The Morgan fingerprint density at radius 2 is 1.82 bits per heavy atom. The molecule has 0 aliphatic carbocycles. The average molecular weight is 434 g/mol. The van der Waals surface area contributed by atoms with Gasteiger partial charge in [-0.1, -0.05) is 12.1 Å². The largest absolute Gasteiger partial charge is 0.573 e. The van der Waals surface area contributed by atoms with E-state index >= 15 is 0 Å². The molecular weight excluding hydrogens is 417 g/mol. The maximum absolute atomic E-state index is 12.5. The predicted octanol–water partition coefficient (Wildman–Crippen LogP) is 3.61. The summed E-state index contributed by atoms with van der Waals surface area (Å²) in [5, 5.41) is 2.37. The Morgan fingerprint density at radius 1 is 1.14 bits per heavy atom. The van der Waals surface area contributed by atoms with Crippen molar-refractivity contribution in [3.8, 4) is 5.75 Å².